The maximum atomic E-state index is 14.3. The number of ether oxygens (including phenoxy) is 3. The first-order valence-corrected chi connectivity index (χ1v) is 15.5. The Morgan fingerprint density at radius 2 is 1.74 bits per heavy atom. The van der Waals surface area contributed by atoms with Crippen molar-refractivity contribution in [1.82, 2.24) is 14.3 Å². The van der Waals surface area contributed by atoms with Crippen molar-refractivity contribution in [2.45, 2.75) is 19.9 Å². The molecule has 1 aliphatic heterocycles. The normalized spacial score (nSPS) is 14.3. The molecular weight excluding hydrogens is 616 g/mol. The van der Waals surface area contributed by atoms with Gasteiger partial charge in [0.2, 0.25) is 0 Å². The van der Waals surface area contributed by atoms with Gasteiger partial charge in [-0.2, -0.15) is 5.10 Å². The largest absolute Gasteiger partial charge is 0.493 e. The third kappa shape index (κ3) is 6.21. The Labute approximate surface area is 273 Å². The molecule has 2 aromatic heterocycles. The van der Waals surface area contributed by atoms with Gasteiger partial charge in [-0.3, -0.25) is 14.2 Å². The summed E-state index contributed by atoms with van der Waals surface area (Å²) in [5.41, 5.74) is 3.97. The van der Waals surface area contributed by atoms with Crippen molar-refractivity contribution in [3.8, 4) is 28.4 Å². The number of esters is 2. The van der Waals surface area contributed by atoms with Crippen LogP contribution in [-0.2, 0) is 14.3 Å². The highest BCUT2D eigenvalue weighted by molar-refractivity contribution is 7.07. The van der Waals surface area contributed by atoms with E-state index in [1.54, 1.807) is 35.9 Å². The first-order valence-electron chi connectivity index (χ1n) is 14.7. The van der Waals surface area contributed by atoms with Crippen LogP contribution in [0.1, 0.15) is 31.0 Å². The Hall–Kier alpha value is -5.81. The molecule has 1 atom stereocenters. The third-order valence-corrected chi connectivity index (χ3v) is 8.41. The van der Waals surface area contributed by atoms with Gasteiger partial charge < -0.3 is 14.2 Å². The fourth-order valence-corrected chi connectivity index (χ4v) is 6.41. The number of fused-ring (bicyclic) bond motifs is 1. The van der Waals surface area contributed by atoms with Crippen molar-refractivity contribution in [2.24, 2.45) is 4.99 Å². The molecule has 47 heavy (non-hydrogen) atoms. The molecule has 0 fully saturated rings. The lowest BCUT2D eigenvalue weighted by Gasteiger charge is -2.25. The highest BCUT2D eigenvalue weighted by atomic mass is 32.1. The summed E-state index contributed by atoms with van der Waals surface area (Å²) in [6, 6.07) is 23.4. The second kappa shape index (κ2) is 13.3. The average molecular weight is 647 g/mol. The van der Waals surface area contributed by atoms with E-state index < -0.39 is 18.0 Å². The zero-order valence-electron chi connectivity index (χ0n) is 25.9. The van der Waals surface area contributed by atoms with Crippen LogP contribution in [0.4, 0.5) is 0 Å². The number of allylic oxidation sites excluding steroid dienone is 1. The predicted octanol–water partition coefficient (Wildman–Crippen LogP) is 4.75. The van der Waals surface area contributed by atoms with Gasteiger partial charge in [-0.25, -0.2) is 14.5 Å². The fourth-order valence-electron chi connectivity index (χ4n) is 5.37. The van der Waals surface area contributed by atoms with Crippen molar-refractivity contribution in [1.29, 1.82) is 0 Å². The molecular formula is C36H30N4O6S. The molecule has 3 heterocycles. The standard InChI is InChI=1S/C36H30N4O6S/c1-5-18-45-35(43)31-22(2)37-36-40(33(31)25-16-17-28(46-23(3)41)29(19-25)44-4)34(42)30(47-36)20-26-21-39(27-14-10-7-11-15-27)38-32(26)24-12-8-6-9-13-24/h5-17,19-21,33H,1,18H2,2-4H3/b30-20-. The smallest absolute Gasteiger partial charge is 0.338 e. The molecule has 3 aromatic carbocycles. The van der Waals surface area contributed by atoms with Crippen LogP contribution >= 0.6 is 11.3 Å². The lowest BCUT2D eigenvalue weighted by molar-refractivity contribution is -0.138. The van der Waals surface area contributed by atoms with E-state index in [-0.39, 0.29) is 29.2 Å². The number of rotatable bonds is 9. The van der Waals surface area contributed by atoms with E-state index in [0.29, 0.717) is 26.3 Å². The van der Waals surface area contributed by atoms with Crippen LogP contribution in [0.2, 0.25) is 0 Å². The molecule has 0 radical (unpaired) electrons. The minimum atomic E-state index is -0.911. The number of nitrogens with zero attached hydrogens (tertiary/aromatic N) is 4. The van der Waals surface area contributed by atoms with Crippen LogP contribution in [-0.4, -0.2) is 40.0 Å². The van der Waals surface area contributed by atoms with Gasteiger partial charge in [0.25, 0.3) is 5.56 Å². The predicted molar refractivity (Wildman–Crippen MR) is 178 cm³/mol. The third-order valence-electron chi connectivity index (χ3n) is 7.43. The first kappa shape index (κ1) is 31.2. The number of hydrogen-bond acceptors (Lipinski definition) is 9. The monoisotopic (exact) mass is 646 g/mol. The lowest BCUT2D eigenvalue weighted by Crippen LogP contribution is -2.40. The molecule has 0 bridgehead atoms. The second-order valence-electron chi connectivity index (χ2n) is 10.6. The number of carbonyl (C=O) groups excluding carboxylic acids is 2. The van der Waals surface area contributed by atoms with Crippen LogP contribution in [0.3, 0.4) is 0 Å². The van der Waals surface area contributed by atoms with E-state index in [1.165, 1.54) is 36.0 Å². The topological polar surface area (TPSA) is 114 Å². The average Bonchev–Trinajstić information content (AvgIpc) is 3.64. The highest BCUT2D eigenvalue weighted by Gasteiger charge is 2.34. The quantitative estimate of drug-likeness (QED) is 0.129. The van der Waals surface area contributed by atoms with Gasteiger partial charge in [-0.05, 0) is 42.8 Å². The van der Waals surface area contributed by atoms with Crippen LogP contribution in [0.5, 0.6) is 11.5 Å². The van der Waals surface area contributed by atoms with Gasteiger partial charge in [-0.15, -0.1) is 0 Å². The van der Waals surface area contributed by atoms with Crippen LogP contribution in [0.25, 0.3) is 23.0 Å². The molecule has 6 rings (SSSR count). The zero-order valence-corrected chi connectivity index (χ0v) is 26.7. The SMILES string of the molecule is C=CCOC(=O)C1=C(C)N=c2s/c(=C\c3cn(-c4ccccc4)nc3-c3ccccc3)c(=O)n2C1c1ccc(OC(C)=O)c(OC)c1. The number of hydrogen-bond donors (Lipinski definition) is 0. The minimum Gasteiger partial charge on any atom is -0.493 e. The second-order valence-corrected chi connectivity index (χ2v) is 11.6. The van der Waals surface area contributed by atoms with Gasteiger partial charge in [0.1, 0.15) is 6.61 Å². The molecule has 0 spiro atoms. The van der Waals surface area contributed by atoms with Crippen molar-refractivity contribution in [2.75, 3.05) is 13.7 Å². The molecule has 0 saturated carbocycles. The van der Waals surface area contributed by atoms with Crippen LogP contribution in [0.15, 0.2) is 119 Å². The molecule has 0 saturated heterocycles. The lowest BCUT2D eigenvalue weighted by atomic mass is 9.95. The highest BCUT2D eigenvalue weighted by Crippen LogP contribution is 2.36. The molecule has 236 valence electrons. The summed E-state index contributed by atoms with van der Waals surface area (Å²) in [5, 5.41) is 4.88. The zero-order chi connectivity index (χ0) is 33.1. The Morgan fingerprint density at radius 3 is 2.43 bits per heavy atom. The first-order chi connectivity index (χ1) is 22.8. The summed E-state index contributed by atoms with van der Waals surface area (Å²) in [6.45, 7) is 6.61. The maximum Gasteiger partial charge on any atom is 0.338 e. The van der Waals surface area contributed by atoms with Gasteiger partial charge in [0.05, 0.1) is 40.3 Å². The van der Waals surface area contributed by atoms with Crippen molar-refractivity contribution >= 4 is 29.4 Å². The summed E-state index contributed by atoms with van der Waals surface area (Å²) in [4.78, 5) is 44.6. The Balaban J connectivity index is 1.55. The van der Waals surface area contributed by atoms with E-state index >= 15 is 0 Å². The molecule has 5 aromatic rings. The molecule has 1 aliphatic rings. The van der Waals surface area contributed by atoms with Gasteiger partial charge in [0.15, 0.2) is 16.3 Å². The van der Waals surface area contributed by atoms with E-state index in [0.717, 1.165) is 16.8 Å². The Kier molecular flexibility index (Phi) is 8.81. The van der Waals surface area contributed by atoms with Crippen molar-refractivity contribution in [3.63, 3.8) is 0 Å². The number of carbonyl (C=O) groups is 2. The fraction of sp³-hybridized carbons (Fsp3) is 0.139. The van der Waals surface area contributed by atoms with E-state index in [9.17, 15) is 14.4 Å². The molecule has 0 amide bonds. The number of benzene rings is 3. The van der Waals surface area contributed by atoms with Crippen molar-refractivity contribution in [3.05, 3.63) is 140 Å². The maximum absolute atomic E-state index is 14.3. The molecule has 0 aliphatic carbocycles. The number of methoxy groups -OCH3 is 1. The van der Waals surface area contributed by atoms with E-state index in [1.807, 2.05) is 66.9 Å². The number of aromatic nitrogens is 3. The Morgan fingerprint density at radius 1 is 1.02 bits per heavy atom. The summed E-state index contributed by atoms with van der Waals surface area (Å²) in [6.07, 6.45) is 5.15. The minimum absolute atomic E-state index is 0.0187. The molecule has 10 nitrogen and oxygen atoms in total. The van der Waals surface area contributed by atoms with Gasteiger partial charge in [-0.1, -0.05) is 78.6 Å². The Bertz CT molecular complexity index is 2210. The summed E-state index contributed by atoms with van der Waals surface area (Å²) >= 11 is 1.21. The summed E-state index contributed by atoms with van der Waals surface area (Å²) in [7, 11) is 1.44. The molecule has 0 N–H and O–H groups in total. The van der Waals surface area contributed by atoms with E-state index in [2.05, 4.69) is 11.6 Å². The summed E-state index contributed by atoms with van der Waals surface area (Å²) in [5.74, 6) is -0.687. The molecule has 11 heteroatoms. The molecule has 1 unspecified atom stereocenters. The number of para-hydroxylation sites is 1. The van der Waals surface area contributed by atoms with Gasteiger partial charge in [0, 0.05) is 24.2 Å². The summed E-state index contributed by atoms with van der Waals surface area (Å²) < 4.78 is 19.9. The number of thiazole rings is 1. The van der Waals surface area contributed by atoms with Gasteiger partial charge >= 0.3 is 11.9 Å². The van der Waals surface area contributed by atoms with E-state index in [4.69, 9.17) is 19.3 Å². The van der Waals surface area contributed by atoms with Crippen molar-refractivity contribution < 1.29 is 23.8 Å². The van der Waals surface area contributed by atoms with Crippen LogP contribution < -0.4 is 24.4 Å². The van der Waals surface area contributed by atoms with Crippen LogP contribution in [0, 0.1) is 0 Å².